The lowest BCUT2D eigenvalue weighted by molar-refractivity contribution is 0.0948. The molecule has 28 heavy (non-hydrogen) atoms. The van der Waals surface area contributed by atoms with E-state index in [-0.39, 0.29) is 11.6 Å². The second-order valence-corrected chi connectivity index (χ2v) is 6.54. The predicted octanol–water partition coefficient (Wildman–Crippen LogP) is 4.24. The molecule has 0 radical (unpaired) electrons. The number of amides is 1. The predicted molar refractivity (Wildman–Crippen MR) is 110 cm³/mol. The fourth-order valence-electron chi connectivity index (χ4n) is 2.66. The van der Waals surface area contributed by atoms with Gasteiger partial charge in [0.25, 0.3) is 5.91 Å². The Bertz CT molecular complexity index is 917. The highest BCUT2D eigenvalue weighted by Gasteiger charge is 2.09. The molecule has 0 aliphatic carbocycles. The fraction of sp³-hybridized carbons (Fsp3) is 0.190. The summed E-state index contributed by atoms with van der Waals surface area (Å²) in [4.78, 5) is 20.6. The van der Waals surface area contributed by atoms with Crippen molar-refractivity contribution in [1.82, 2.24) is 15.3 Å². The molecule has 2 aromatic carbocycles. The maximum absolute atomic E-state index is 12.2. The molecule has 0 bridgehead atoms. The van der Waals surface area contributed by atoms with E-state index >= 15 is 0 Å². The molecule has 6 nitrogen and oxygen atoms in total. The maximum Gasteiger partial charge on any atom is 0.271 e. The Morgan fingerprint density at radius 1 is 1.11 bits per heavy atom. The van der Waals surface area contributed by atoms with Crippen molar-refractivity contribution >= 4 is 29.0 Å². The number of aromatic nitrogens is 2. The number of carbonyl (C=O) groups is 1. The van der Waals surface area contributed by atoms with Crippen molar-refractivity contribution in [2.24, 2.45) is 0 Å². The van der Waals surface area contributed by atoms with Gasteiger partial charge < -0.3 is 15.4 Å². The zero-order chi connectivity index (χ0) is 19.8. The smallest absolute Gasteiger partial charge is 0.271 e. The van der Waals surface area contributed by atoms with E-state index in [9.17, 15) is 4.79 Å². The van der Waals surface area contributed by atoms with Crippen LogP contribution in [-0.4, -0.2) is 29.5 Å². The number of carbonyl (C=O) groups excluding carboxylic acids is 1. The number of anilines is 2. The lowest BCUT2D eigenvalue weighted by atomic mass is 10.1. The Balaban J connectivity index is 1.52. The minimum absolute atomic E-state index is 0.243. The monoisotopic (exact) mass is 396 g/mol. The summed E-state index contributed by atoms with van der Waals surface area (Å²) in [6.45, 7) is 0.578. The average molecular weight is 397 g/mol. The van der Waals surface area contributed by atoms with Crippen molar-refractivity contribution in [1.29, 1.82) is 0 Å². The third-order valence-corrected chi connectivity index (χ3v) is 4.31. The molecule has 0 saturated carbocycles. The molecule has 3 rings (SSSR count). The number of nitrogens with one attached hydrogen (secondary N) is 2. The van der Waals surface area contributed by atoms with Gasteiger partial charge in [0.05, 0.1) is 25.2 Å². The molecule has 3 aromatic rings. The molecule has 0 spiro atoms. The summed E-state index contributed by atoms with van der Waals surface area (Å²) in [6.07, 6.45) is 4.71. The standard InChI is InChI=1S/C21H21ClN4O2/c1-28-19-10-9-16(22)12-17(19)26-20-14-24-18(13-25-20)21(27)23-11-5-8-15-6-3-2-4-7-15/h2-4,6-7,9-10,12-14H,5,8,11H2,1H3,(H,23,27)(H,25,26). The van der Waals surface area contributed by atoms with E-state index in [1.54, 1.807) is 25.3 Å². The van der Waals surface area contributed by atoms with Gasteiger partial charge in [0, 0.05) is 11.6 Å². The minimum Gasteiger partial charge on any atom is -0.495 e. The molecule has 0 atom stereocenters. The van der Waals surface area contributed by atoms with Crippen LogP contribution in [0.5, 0.6) is 5.75 Å². The molecule has 1 heterocycles. The molecule has 0 aliphatic rings. The highest BCUT2D eigenvalue weighted by atomic mass is 35.5. The molecule has 144 valence electrons. The van der Waals surface area contributed by atoms with Crippen LogP contribution in [0.2, 0.25) is 5.02 Å². The van der Waals surface area contributed by atoms with Crippen molar-refractivity contribution in [2.45, 2.75) is 12.8 Å². The Morgan fingerprint density at radius 2 is 1.93 bits per heavy atom. The second kappa shape index (κ2) is 9.71. The SMILES string of the molecule is COc1ccc(Cl)cc1Nc1cnc(C(=O)NCCCc2ccccc2)cn1. The first-order valence-corrected chi connectivity index (χ1v) is 9.28. The van der Waals surface area contributed by atoms with Crippen molar-refractivity contribution < 1.29 is 9.53 Å². The van der Waals surface area contributed by atoms with Gasteiger partial charge in [-0.15, -0.1) is 0 Å². The minimum atomic E-state index is -0.243. The first-order chi connectivity index (χ1) is 13.7. The van der Waals surface area contributed by atoms with E-state index in [1.807, 2.05) is 18.2 Å². The normalized spacial score (nSPS) is 10.4. The number of benzene rings is 2. The van der Waals surface area contributed by atoms with Crippen LogP contribution >= 0.6 is 11.6 Å². The quantitative estimate of drug-likeness (QED) is 0.557. The van der Waals surface area contributed by atoms with Gasteiger partial charge in [-0.3, -0.25) is 4.79 Å². The zero-order valence-corrected chi connectivity index (χ0v) is 16.2. The van der Waals surface area contributed by atoms with Crippen LogP contribution < -0.4 is 15.4 Å². The van der Waals surface area contributed by atoms with Gasteiger partial charge in [-0.25, -0.2) is 9.97 Å². The summed E-state index contributed by atoms with van der Waals surface area (Å²) in [6, 6.07) is 15.4. The van der Waals surface area contributed by atoms with E-state index in [1.165, 1.54) is 18.0 Å². The topological polar surface area (TPSA) is 76.1 Å². The van der Waals surface area contributed by atoms with Crippen molar-refractivity contribution in [3.63, 3.8) is 0 Å². The molecule has 0 unspecified atom stereocenters. The van der Waals surface area contributed by atoms with Gasteiger partial charge in [-0.1, -0.05) is 41.9 Å². The molecule has 7 heteroatoms. The first kappa shape index (κ1) is 19.6. The molecular formula is C21H21ClN4O2. The number of rotatable bonds is 8. The number of nitrogens with zero attached hydrogens (tertiary/aromatic N) is 2. The molecule has 0 fully saturated rings. The lowest BCUT2D eigenvalue weighted by Crippen LogP contribution is -2.25. The maximum atomic E-state index is 12.2. The molecule has 1 aromatic heterocycles. The van der Waals surface area contributed by atoms with Crippen molar-refractivity contribution in [3.05, 3.63) is 77.2 Å². The summed E-state index contributed by atoms with van der Waals surface area (Å²) in [5.74, 6) is 0.875. The van der Waals surface area contributed by atoms with Gasteiger partial charge in [0.15, 0.2) is 0 Å². The molecule has 0 saturated heterocycles. The van der Waals surface area contributed by atoms with Crippen LogP contribution in [0.4, 0.5) is 11.5 Å². The van der Waals surface area contributed by atoms with E-state index in [0.29, 0.717) is 28.8 Å². The van der Waals surface area contributed by atoms with Crippen LogP contribution in [0.3, 0.4) is 0 Å². The lowest BCUT2D eigenvalue weighted by Gasteiger charge is -2.11. The summed E-state index contributed by atoms with van der Waals surface area (Å²) >= 11 is 6.02. The highest BCUT2D eigenvalue weighted by Crippen LogP contribution is 2.29. The third-order valence-electron chi connectivity index (χ3n) is 4.08. The average Bonchev–Trinajstić information content (AvgIpc) is 2.72. The van der Waals surface area contributed by atoms with Crippen LogP contribution in [0, 0.1) is 0 Å². The molecule has 0 aliphatic heterocycles. The number of aryl methyl sites for hydroxylation is 1. The van der Waals surface area contributed by atoms with E-state index in [0.717, 1.165) is 12.8 Å². The Kier molecular flexibility index (Phi) is 6.81. The summed E-state index contributed by atoms with van der Waals surface area (Å²) in [5.41, 5.74) is 2.19. The second-order valence-electron chi connectivity index (χ2n) is 6.10. The third kappa shape index (κ3) is 5.44. The van der Waals surface area contributed by atoms with Gasteiger partial charge in [0.2, 0.25) is 0 Å². The van der Waals surface area contributed by atoms with Crippen LogP contribution in [0.15, 0.2) is 60.9 Å². The Morgan fingerprint density at radius 3 is 2.64 bits per heavy atom. The van der Waals surface area contributed by atoms with Crippen LogP contribution in [0.1, 0.15) is 22.5 Å². The Labute approximate surface area is 168 Å². The van der Waals surface area contributed by atoms with Crippen molar-refractivity contribution in [3.8, 4) is 5.75 Å². The van der Waals surface area contributed by atoms with Gasteiger partial charge in [-0.2, -0.15) is 0 Å². The fourth-order valence-corrected chi connectivity index (χ4v) is 2.83. The number of halogens is 1. The van der Waals surface area contributed by atoms with Crippen molar-refractivity contribution in [2.75, 3.05) is 19.0 Å². The summed E-state index contributed by atoms with van der Waals surface area (Å²) < 4.78 is 5.29. The van der Waals surface area contributed by atoms with E-state index in [2.05, 4.69) is 32.7 Å². The van der Waals surface area contributed by atoms with Gasteiger partial charge in [0.1, 0.15) is 17.3 Å². The Hall–Kier alpha value is -3.12. The van der Waals surface area contributed by atoms with E-state index in [4.69, 9.17) is 16.3 Å². The number of hydrogen-bond acceptors (Lipinski definition) is 5. The van der Waals surface area contributed by atoms with Crippen LogP contribution in [0.25, 0.3) is 0 Å². The highest BCUT2D eigenvalue weighted by molar-refractivity contribution is 6.31. The number of ether oxygens (including phenoxy) is 1. The molecule has 1 amide bonds. The van der Waals surface area contributed by atoms with Crippen LogP contribution in [-0.2, 0) is 6.42 Å². The summed E-state index contributed by atoms with van der Waals surface area (Å²) in [5, 5.41) is 6.52. The largest absolute Gasteiger partial charge is 0.495 e. The van der Waals surface area contributed by atoms with Gasteiger partial charge >= 0.3 is 0 Å². The zero-order valence-electron chi connectivity index (χ0n) is 15.5. The number of hydrogen-bond donors (Lipinski definition) is 2. The van der Waals surface area contributed by atoms with E-state index < -0.39 is 0 Å². The van der Waals surface area contributed by atoms with Gasteiger partial charge in [-0.05, 0) is 36.6 Å². The summed E-state index contributed by atoms with van der Waals surface area (Å²) in [7, 11) is 1.57. The molecular weight excluding hydrogens is 376 g/mol. The first-order valence-electron chi connectivity index (χ1n) is 8.90. The molecule has 2 N–H and O–H groups in total. The number of methoxy groups -OCH3 is 1.